The van der Waals surface area contributed by atoms with E-state index in [1.807, 2.05) is 65.2 Å². The molecular weight excluding hydrogens is 374 g/mol. The molecule has 1 amide bonds. The van der Waals surface area contributed by atoms with Crippen LogP contribution in [-0.4, -0.2) is 51.2 Å². The van der Waals surface area contributed by atoms with E-state index >= 15 is 0 Å². The summed E-state index contributed by atoms with van der Waals surface area (Å²) < 4.78 is 7.74. The van der Waals surface area contributed by atoms with Crippen molar-refractivity contribution >= 4 is 23.1 Å². The molecule has 3 heterocycles. The first-order chi connectivity index (χ1) is 13.6. The summed E-state index contributed by atoms with van der Waals surface area (Å²) in [6, 6.07) is 9.60. The Kier molecular flexibility index (Phi) is 5.12. The molecule has 0 bridgehead atoms. The fraction of sp³-hybridized carbons (Fsp3) is 0.250. The number of dihydropyridines is 1. The van der Waals surface area contributed by atoms with Crippen molar-refractivity contribution in [1.29, 1.82) is 0 Å². The fourth-order valence-corrected chi connectivity index (χ4v) is 3.44. The molecule has 2 aromatic rings. The van der Waals surface area contributed by atoms with E-state index in [0.717, 1.165) is 11.3 Å². The maximum absolute atomic E-state index is 12.7. The van der Waals surface area contributed by atoms with Gasteiger partial charge in [-0.15, -0.1) is 0 Å². The van der Waals surface area contributed by atoms with E-state index in [9.17, 15) is 4.79 Å². The predicted octanol–water partition coefficient (Wildman–Crippen LogP) is 1.65. The number of carbonyl (C=O) groups is 1. The number of hydrogen-bond acceptors (Lipinski definition) is 5. The highest BCUT2D eigenvalue weighted by atomic mass is 32.1. The summed E-state index contributed by atoms with van der Waals surface area (Å²) in [7, 11) is 1.88. The molecule has 2 aliphatic rings. The second-order valence-corrected chi connectivity index (χ2v) is 7.12. The Morgan fingerprint density at radius 1 is 1.39 bits per heavy atom. The zero-order valence-electron chi connectivity index (χ0n) is 15.4. The summed E-state index contributed by atoms with van der Waals surface area (Å²) in [5, 5.41) is 6.15. The molecule has 2 atom stereocenters. The smallest absolute Gasteiger partial charge is 0.272 e. The van der Waals surface area contributed by atoms with Gasteiger partial charge < -0.3 is 24.8 Å². The number of imidazole rings is 1. The third-order valence-electron chi connectivity index (χ3n) is 4.71. The maximum atomic E-state index is 12.7. The largest absolute Gasteiger partial charge is 0.491 e. The average molecular weight is 395 g/mol. The number of hydrogen-bond donors (Lipinski definition) is 2. The number of rotatable bonds is 4. The molecule has 0 radical (unpaired) electrons. The number of nitrogens with one attached hydrogen (secondary N) is 2. The second kappa shape index (κ2) is 7.85. The van der Waals surface area contributed by atoms with Crippen LogP contribution in [-0.2, 0) is 11.3 Å². The van der Waals surface area contributed by atoms with Gasteiger partial charge in [-0.25, -0.2) is 4.98 Å². The monoisotopic (exact) mass is 395 g/mol. The van der Waals surface area contributed by atoms with Crippen molar-refractivity contribution in [2.75, 3.05) is 13.7 Å². The lowest BCUT2D eigenvalue weighted by Crippen LogP contribution is -2.52. The summed E-state index contributed by atoms with van der Waals surface area (Å²) in [4.78, 5) is 19.4. The first-order valence-corrected chi connectivity index (χ1v) is 9.41. The molecule has 4 rings (SSSR count). The number of thiocarbonyl (C=S) groups is 1. The van der Waals surface area contributed by atoms with E-state index in [0.29, 0.717) is 17.2 Å². The van der Waals surface area contributed by atoms with E-state index in [2.05, 4.69) is 15.6 Å². The SMILES string of the molecule is CN1C(=S)C(NC(=O)c2cn(Cc3ccccc3)cn2)COC2=CC=CNC21. The molecule has 0 spiro atoms. The van der Waals surface area contributed by atoms with Gasteiger partial charge in [-0.05, 0) is 23.9 Å². The number of amides is 1. The van der Waals surface area contributed by atoms with Gasteiger partial charge in [0.2, 0.25) is 0 Å². The van der Waals surface area contributed by atoms with Crippen LogP contribution in [0.1, 0.15) is 16.1 Å². The van der Waals surface area contributed by atoms with Gasteiger partial charge in [-0.1, -0.05) is 42.5 Å². The van der Waals surface area contributed by atoms with Crippen LogP contribution in [0.3, 0.4) is 0 Å². The Hall–Kier alpha value is -3.13. The minimum atomic E-state index is -0.417. The zero-order valence-corrected chi connectivity index (χ0v) is 16.2. The van der Waals surface area contributed by atoms with Crippen molar-refractivity contribution in [3.8, 4) is 0 Å². The van der Waals surface area contributed by atoms with Gasteiger partial charge >= 0.3 is 0 Å². The Morgan fingerprint density at radius 3 is 3.04 bits per heavy atom. The highest BCUT2D eigenvalue weighted by molar-refractivity contribution is 7.80. The molecule has 8 heteroatoms. The Labute approximate surface area is 168 Å². The second-order valence-electron chi connectivity index (χ2n) is 6.70. The van der Waals surface area contributed by atoms with Crippen molar-refractivity contribution in [3.05, 3.63) is 78.2 Å². The quantitative estimate of drug-likeness (QED) is 0.767. The number of allylic oxidation sites excluding steroid dienone is 2. The number of carbonyl (C=O) groups excluding carboxylic acids is 1. The zero-order chi connectivity index (χ0) is 19.5. The molecule has 2 N–H and O–H groups in total. The molecule has 28 heavy (non-hydrogen) atoms. The van der Waals surface area contributed by atoms with Crippen molar-refractivity contribution in [3.63, 3.8) is 0 Å². The van der Waals surface area contributed by atoms with Crippen LogP contribution < -0.4 is 10.6 Å². The number of benzene rings is 1. The molecule has 1 aromatic heterocycles. The third-order valence-corrected chi connectivity index (χ3v) is 5.28. The van der Waals surface area contributed by atoms with Crippen LogP contribution in [0, 0.1) is 0 Å². The molecule has 144 valence electrons. The standard InChI is InChI=1S/C20H21N5O2S/c1-24-18-17(8-5-9-21-18)27-12-16(20(24)28)23-19(26)15-11-25(13-22-15)10-14-6-3-2-4-7-14/h2-9,11,13,16,18,21H,10,12H2,1H3,(H,23,26). The average Bonchev–Trinajstić information content (AvgIpc) is 3.15. The van der Waals surface area contributed by atoms with E-state index in [-0.39, 0.29) is 18.7 Å². The van der Waals surface area contributed by atoms with Gasteiger partial charge in [0.1, 0.15) is 29.1 Å². The normalized spacial score (nSPS) is 21.1. The highest BCUT2D eigenvalue weighted by Crippen LogP contribution is 2.19. The Morgan fingerprint density at radius 2 is 2.21 bits per heavy atom. The van der Waals surface area contributed by atoms with Crippen molar-refractivity contribution in [1.82, 2.24) is 25.1 Å². The minimum absolute atomic E-state index is 0.163. The summed E-state index contributed by atoms with van der Waals surface area (Å²) in [6.45, 7) is 0.931. The lowest BCUT2D eigenvalue weighted by atomic mass is 10.2. The molecule has 1 aromatic carbocycles. The van der Waals surface area contributed by atoms with Gasteiger partial charge in [-0.3, -0.25) is 4.79 Å². The number of fused-ring (bicyclic) bond motifs is 1. The molecule has 7 nitrogen and oxygen atoms in total. The van der Waals surface area contributed by atoms with Crippen LogP contribution in [0.5, 0.6) is 0 Å². The first kappa shape index (κ1) is 18.2. The van der Waals surface area contributed by atoms with Gasteiger partial charge in [0.25, 0.3) is 5.91 Å². The lowest BCUT2D eigenvalue weighted by molar-refractivity contribution is 0.0921. The number of likely N-dealkylation sites (N-methyl/N-ethyl adjacent to an activating group) is 1. The van der Waals surface area contributed by atoms with Gasteiger partial charge in [0, 0.05) is 19.8 Å². The Balaban J connectivity index is 1.43. The van der Waals surface area contributed by atoms with E-state index < -0.39 is 6.04 Å². The van der Waals surface area contributed by atoms with Crippen LogP contribution in [0.4, 0.5) is 0 Å². The number of aromatic nitrogens is 2. The topological polar surface area (TPSA) is 71.4 Å². The van der Waals surface area contributed by atoms with E-state index in [4.69, 9.17) is 17.0 Å². The predicted molar refractivity (Wildman–Crippen MR) is 109 cm³/mol. The van der Waals surface area contributed by atoms with Crippen LogP contribution in [0.25, 0.3) is 0 Å². The van der Waals surface area contributed by atoms with Crippen molar-refractivity contribution < 1.29 is 9.53 Å². The highest BCUT2D eigenvalue weighted by Gasteiger charge is 2.33. The molecular formula is C20H21N5O2S. The Bertz CT molecular complexity index is 937. The summed E-state index contributed by atoms with van der Waals surface area (Å²) >= 11 is 5.58. The van der Waals surface area contributed by atoms with E-state index in [1.54, 1.807) is 12.5 Å². The van der Waals surface area contributed by atoms with E-state index in [1.165, 1.54) is 0 Å². The number of ether oxygens (including phenoxy) is 1. The molecule has 0 saturated carbocycles. The van der Waals surface area contributed by atoms with Crippen molar-refractivity contribution in [2.45, 2.75) is 18.8 Å². The number of nitrogens with zero attached hydrogens (tertiary/aromatic N) is 3. The summed E-state index contributed by atoms with van der Waals surface area (Å²) in [5.41, 5.74) is 1.49. The maximum Gasteiger partial charge on any atom is 0.272 e. The minimum Gasteiger partial charge on any atom is -0.491 e. The first-order valence-electron chi connectivity index (χ1n) is 9.00. The van der Waals surface area contributed by atoms with Gasteiger partial charge in [0.05, 0.1) is 6.33 Å². The molecule has 2 unspecified atom stereocenters. The van der Waals surface area contributed by atoms with Crippen LogP contribution >= 0.6 is 12.2 Å². The molecule has 0 aliphatic carbocycles. The lowest BCUT2D eigenvalue weighted by Gasteiger charge is -2.30. The molecule has 1 saturated heterocycles. The summed E-state index contributed by atoms with van der Waals surface area (Å²) in [5.74, 6) is 0.498. The molecule has 1 fully saturated rings. The fourth-order valence-electron chi connectivity index (χ4n) is 3.21. The van der Waals surface area contributed by atoms with Crippen LogP contribution in [0.15, 0.2) is 67.0 Å². The summed E-state index contributed by atoms with van der Waals surface area (Å²) in [6.07, 6.45) is 8.85. The molecule has 2 aliphatic heterocycles. The van der Waals surface area contributed by atoms with Gasteiger partial charge in [-0.2, -0.15) is 0 Å². The van der Waals surface area contributed by atoms with Gasteiger partial charge in [0.15, 0.2) is 6.17 Å². The third kappa shape index (κ3) is 3.77. The van der Waals surface area contributed by atoms with Crippen molar-refractivity contribution in [2.24, 2.45) is 0 Å². The van der Waals surface area contributed by atoms with Crippen LogP contribution in [0.2, 0.25) is 0 Å².